The number of ketones is 1. The number of allylic oxidation sites excluding steroid dienone is 1. The Morgan fingerprint density at radius 1 is 1.24 bits per heavy atom. The van der Waals surface area contributed by atoms with Crippen molar-refractivity contribution in [3.63, 3.8) is 0 Å². The predicted molar refractivity (Wildman–Crippen MR) is 109 cm³/mol. The van der Waals surface area contributed by atoms with Crippen LogP contribution in [0.25, 0.3) is 0 Å². The van der Waals surface area contributed by atoms with Crippen molar-refractivity contribution in [2.75, 3.05) is 12.5 Å². The molecule has 29 heavy (non-hydrogen) atoms. The Hall–Kier alpha value is -0.910. The fourth-order valence-electron chi connectivity index (χ4n) is 7.36. The van der Waals surface area contributed by atoms with Crippen LogP contribution >= 0.6 is 11.6 Å². The number of carbonyl (C=O) groups excluding carboxylic acids is 1. The van der Waals surface area contributed by atoms with Crippen LogP contribution in [0.3, 0.4) is 0 Å². The summed E-state index contributed by atoms with van der Waals surface area (Å²) in [7, 11) is 0. The maximum atomic E-state index is 12.3. The smallest absolute Gasteiger partial charge is 0.314 e. The van der Waals surface area contributed by atoms with E-state index in [1.54, 1.807) is 6.08 Å². The lowest BCUT2D eigenvalue weighted by atomic mass is 9.46. The number of aliphatic hydroxyl groups is 1. The van der Waals surface area contributed by atoms with Crippen molar-refractivity contribution in [3.05, 3.63) is 11.6 Å². The Morgan fingerprint density at radius 2 is 1.97 bits per heavy atom. The van der Waals surface area contributed by atoms with Gasteiger partial charge in [0.1, 0.15) is 5.92 Å². The predicted octanol–water partition coefficient (Wildman–Crippen LogP) is 4.16. The molecule has 0 amide bonds. The molecule has 0 radical (unpaired) electrons. The van der Waals surface area contributed by atoms with Crippen LogP contribution < -0.4 is 0 Å². The lowest BCUT2D eigenvalue weighted by Crippen LogP contribution is -2.56. The lowest BCUT2D eigenvalue weighted by molar-refractivity contribution is -0.276. The van der Waals surface area contributed by atoms with E-state index in [9.17, 15) is 19.8 Å². The van der Waals surface area contributed by atoms with Crippen LogP contribution in [0, 0.1) is 34.5 Å². The Bertz CT molecular complexity index is 735. The third-order valence-electron chi connectivity index (χ3n) is 9.02. The van der Waals surface area contributed by atoms with Crippen molar-refractivity contribution in [1.82, 2.24) is 0 Å². The SMILES string of the molecule is C[C@]12CC(C(=O)O)C(=O)C=C1CC[C@@H]1[C@H]2CC[C@@]2(C)[C@H]1CCC2(O)OCCCCl. The number of hydrogen-bond donors (Lipinski definition) is 2. The Labute approximate surface area is 177 Å². The van der Waals surface area contributed by atoms with Gasteiger partial charge in [0, 0.05) is 17.7 Å². The molecular weight excluding hydrogens is 392 g/mol. The van der Waals surface area contributed by atoms with E-state index in [0.717, 1.165) is 44.1 Å². The zero-order valence-corrected chi connectivity index (χ0v) is 18.2. The maximum Gasteiger partial charge on any atom is 0.314 e. The summed E-state index contributed by atoms with van der Waals surface area (Å²) < 4.78 is 6.01. The van der Waals surface area contributed by atoms with E-state index in [1.807, 2.05) is 0 Å². The summed E-state index contributed by atoms with van der Waals surface area (Å²) in [5, 5.41) is 21.0. The van der Waals surface area contributed by atoms with Crippen molar-refractivity contribution in [1.29, 1.82) is 0 Å². The summed E-state index contributed by atoms with van der Waals surface area (Å²) in [6, 6.07) is 0. The summed E-state index contributed by atoms with van der Waals surface area (Å²) in [6.45, 7) is 4.84. The van der Waals surface area contributed by atoms with Crippen LogP contribution in [0.15, 0.2) is 11.6 Å². The molecule has 0 bridgehead atoms. The minimum absolute atomic E-state index is 0.235. The summed E-state index contributed by atoms with van der Waals surface area (Å²) in [5.74, 6) is -1.58. The number of carbonyl (C=O) groups is 2. The number of ether oxygens (including phenoxy) is 1. The minimum Gasteiger partial charge on any atom is -0.481 e. The summed E-state index contributed by atoms with van der Waals surface area (Å²) >= 11 is 5.79. The van der Waals surface area contributed by atoms with Crippen LogP contribution in [0.2, 0.25) is 0 Å². The third-order valence-corrected chi connectivity index (χ3v) is 9.28. The zero-order chi connectivity index (χ0) is 21.0. The molecule has 162 valence electrons. The van der Waals surface area contributed by atoms with Gasteiger partial charge in [0.2, 0.25) is 0 Å². The number of carboxylic acids is 1. The molecule has 0 saturated heterocycles. The fraction of sp³-hybridized carbons (Fsp3) is 0.826. The van der Waals surface area contributed by atoms with Crippen LogP contribution in [-0.2, 0) is 14.3 Å². The molecule has 2 N–H and O–H groups in total. The highest BCUT2D eigenvalue weighted by Crippen LogP contribution is 2.67. The molecule has 0 spiro atoms. The summed E-state index contributed by atoms with van der Waals surface area (Å²) in [4.78, 5) is 24.0. The first-order valence-electron chi connectivity index (χ1n) is 11.1. The molecule has 3 saturated carbocycles. The molecular formula is C23H33ClO5. The Kier molecular flexibility index (Phi) is 5.40. The monoisotopic (exact) mass is 424 g/mol. The first-order chi connectivity index (χ1) is 13.7. The molecule has 0 heterocycles. The molecule has 0 aromatic heterocycles. The highest BCUT2D eigenvalue weighted by Gasteiger charge is 2.65. The number of aliphatic carboxylic acids is 1. The van der Waals surface area contributed by atoms with Crippen molar-refractivity contribution >= 4 is 23.4 Å². The lowest BCUT2D eigenvalue weighted by Gasteiger charge is -2.59. The fourth-order valence-corrected chi connectivity index (χ4v) is 7.47. The van der Waals surface area contributed by atoms with Crippen LogP contribution in [-0.4, -0.2) is 40.2 Å². The van der Waals surface area contributed by atoms with E-state index in [-0.39, 0.29) is 16.6 Å². The van der Waals surface area contributed by atoms with E-state index in [1.165, 1.54) is 0 Å². The number of rotatable bonds is 5. The minimum atomic E-state index is -1.10. The quantitative estimate of drug-likeness (QED) is 0.299. The van der Waals surface area contributed by atoms with E-state index in [0.29, 0.717) is 43.1 Å². The van der Waals surface area contributed by atoms with Gasteiger partial charge in [-0.15, -0.1) is 11.6 Å². The van der Waals surface area contributed by atoms with Crippen molar-refractivity contribution in [3.8, 4) is 0 Å². The first-order valence-corrected chi connectivity index (χ1v) is 11.6. The average Bonchev–Trinajstić information content (AvgIpc) is 2.93. The molecule has 0 aromatic carbocycles. The number of carboxylic acid groups (broad SMARTS) is 1. The van der Waals surface area contributed by atoms with E-state index < -0.39 is 17.7 Å². The second-order valence-corrected chi connectivity index (χ2v) is 10.5. The van der Waals surface area contributed by atoms with Gasteiger partial charge in [-0.3, -0.25) is 9.59 Å². The number of alkyl halides is 1. The Balaban J connectivity index is 1.60. The van der Waals surface area contributed by atoms with E-state index in [4.69, 9.17) is 16.3 Å². The normalized spacial score (nSPS) is 46.5. The average molecular weight is 425 g/mol. The van der Waals surface area contributed by atoms with E-state index >= 15 is 0 Å². The van der Waals surface area contributed by atoms with Gasteiger partial charge in [-0.2, -0.15) is 0 Å². The summed E-state index contributed by atoms with van der Waals surface area (Å²) in [6.07, 6.45) is 8.04. The molecule has 2 unspecified atom stereocenters. The van der Waals surface area contributed by atoms with Gasteiger partial charge in [0.05, 0.1) is 6.61 Å². The van der Waals surface area contributed by atoms with Gasteiger partial charge < -0.3 is 14.9 Å². The number of halogens is 1. The van der Waals surface area contributed by atoms with Crippen molar-refractivity contribution < 1.29 is 24.5 Å². The van der Waals surface area contributed by atoms with Crippen LogP contribution in [0.5, 0.6) is 0 Å². The summed E-state index contributed by atoms with van der Waals surface area (Å²) in [5.41, 5.74) is 0.632. The van der Waals surface area contributed by atoms with Gasteiger partial charge in [0.25, 0.3) is 0 Å². The second kappa shape index (κ2) is 7.35. The van der Waals surface area contributed by atoms with Gasteiger partial charge in [-0.05, 0) is 74.2 Å². The molecule has 4 rings (SSSR count). The van der Waals surface area contributed by atoms with Gasteiger partial charge in [0.15, 0.2) is 11.6 Å². The zero-order valence-electron chi connectivity index (χ0n) is 17.5. The molecule has 3 fully saturated rings. The van der Waals surface area contributed by atoms with Gasteiger partial charge in [-0.1, -0.05) is 19.4 Å². The molecule has 4 aliphatic rings. The van der Waals surface area contributed by atoms with Crippen molar-refractivity contribution in [2.24, 2.45) is 34.5 Å². The van der Waals surface area contributed by atoms with Crippen molar-refractivity contribution in [2.45, 2.75) is 71.0 Å². The molecule has 0 aromatic rings. The highest BCUT2D eigenvalue weighted by atomic mass is 35.5. The Morgan fingerprint density at radius 3 is 2.66 bits per heavy atom. The topological polar surface area (TPSA) is 83.8 Å². The van der Waals surface area contributed by atoms with E-state index in [2.05, 4.69) is 13.8 Å². The van der Waals surface area contributed by atoms with Crippen LogP contribution in [0.1, 0.15) is 65.2 Å². The molecule has 0 aliphatic heterocycles. The van der Waals surface area contributed by atoms with Gasteiger partial charge >= 0.3 is 5.97 Å². The highest BCUT2D eigenvalue weighted by molar-refractivity contribution is 6.17. The van der Waals surface area contributed by atoms with Crippen LogP contribution in [0.4, 0.5) is 0 Å². The molecule has 6 heteroatoms. The molecule has 7 atom stereocenters. The number of fused-ring (bicyclic) bond motifs is 5. The number of hydrogen-bond acceptors (Lipinski definition) is 4. The standard InChI is InChI=1S/C23H33ClO5/c1-21-13-16(20(26)27)19(25)12-14(21)4-5-15-17(21)6-8-22(2)18(15)7-9-23(22,28)29-11-3-10-24/h12,15-18,28H,3-11,13H2,1-2H3,(H,26,27)/t15-,16?,17-,18+,21+,22+,23?/m1/s1. The first kappa shape index (κ1) is 21.3. The molecule has 4 aliphatic carbocycles. The third kappa shape index (κ3) is 3.11. The molecule has 5 nitrogen and oxygen atoms in total. The van der Waals surface area contributed by atoms with Gasteiger partial charge in [-0.25, -0.2) is 0 Å². The maximum absolute atomic E-state index is 12.3. The largest absolute Gasteiger partial charge is 0.481 e. The second-order valence-electron chi connectivity index (χ2n) is 10.2.